The van der Waals surface area contributed by atoms with Crippen molar-refractivity contribution in [2.75, 3.05) is 20.2 Å². The normalized spacial score (nSPS) is 17.6. The van der Waals surface area contributed by atoms with Crippen molar-refractivity contribution in [2.45, 2.75) is 25.8 Å². The molecule has 1 N–H and O–H groups in total. The van der Waals surface area contributed by atoms with E-state index in [-0.39, 0.29) is 23.8 Å². The summed E-state index contributed by atoms with van der Waals surface area (Å²) in [6.45, 7) is 3.20. The zero-order valence-corrected chi connectivity index (χ0v) is 15.4. The summed E-state index contributed by atoms with van der Waals surface area (Å²) in [5.74, 6) is 1.22. The van der Waals surface area contributed by atoms with Crippen LogP contribution in [0.5, 0.6) is 5.88 Å². The number of aryl methyl sites for hydroxylation is 1. The SMILES string of the molecule is COC(=O)C1CCN([C@H](c2ccco2)c2sc3nc(C)nn3c2O)CC1. The molecule has 0 aliphatic carbocycles. The molecule has 4 rings (SSSR count). The van der Waals surface area contributed by atoms with Gasteiger partial charge >= 0.3 is 5.97 Å². The van der Waals surface area contributed by atoms with Gasteiger partial charge in [0.2, 0.25) is 10.8 Å². The molecule has 0 radical (unpaired) electrons. The molecule has 1 fully saturated rings. The molecule has 0 saturated carbocycles. The van der Waals surface area contributed by atoms with Gasteiger partial charge in [-0.2, -0.15) is 4.52 Å². The molecule has 1 atom stereocenters. The Morgan fingerprint density at radius 2 is 2.23 bits per heavy atom. The summed E-state index contributed by atoms with van der Waals surface area (Å²) >= 11 is 1.40. The van der Waals surface area contributed by atoms with Crippen LogP contribution in [0.25, 0.3) is 4.96 Å². The van der Waals surface area contributed by atoms with Gasteiger partial charge in [-0.15, -0.1) is 5.10 Å². The number of nitrogens with zero attached hydrogens (tertiary/aromatic N) is 4. The Balaban J connectivity index is 1.66. The lowest BCUT2D eigenvalue weighted by Crippen LogP contribution is -2.39. The maximum absolute atomic E-state index is 11.8. The maximum Gasteiger partial charge on any atom is 0.308 e. The second-order valence-electron chi connectivity index (χ2n) is 6.39. The molecule has 8 nitrogen and oxygen atoms in total. The third kappa shape index (κ3) is 2.86. The largest absolute Gasteiger partial charge is 0.492 e. The first kappa shape index (κ1) is 17.0. The first-order valence-corrected chi connectivity index (χ1v) is 9.30. The van der Waals surface area contributed by atoms with Gasteiger partial charge in [0.05, 0.1) is 24.2 Å². The molecule has 0 unspecified atom stereocenters. The zero-order chi connectivity index (χ0) is 18.3. The molecule has 0 amide bonds. The fourth-order valence-corrected chi connectivity index (χ4v) is 4.65. The van der Waals surface area contributed by atoms with Crippen LogP contribution < -0.4 is 0 Å². The molecule has 1 aliphatic heterocycles. The minimum Gasteiger partial charge on any atom is -0.492 e. The number of ether oxygens (including phenoxy) is 1. The van der Waals surface area contributed by atoms with E-state index in [2.05, 4.69) is 15.0 Å². The molecule has 0 bridgehead atoms. The minimum absolute atomic E-state index is 0.0768. The van der Waals surface area contributed by atoms with Crippen LogP contribution in [-0.2, 0) is 9.53 Å². The summed E-state index contributed by atoms with van der Waals surface area (Å²) in [6.07, 6.45) is 3.05. The third-order valence-corrected chi connectivity index (χ3v) is 5.87. The molecule has 138 valence electrons. The van der Waals surface area contributed by atoms with Gasteiger partial charge in [0.25, 0.3) is 0 Å². The summed E-state index contributed by atoms with van der Waals surface area (Å²) in [5, 5.41) is 15.0. The Labute approximate surface area is 154 Å². The highest BCUT2D eigenvalue weighted by molar-refractivity contribution is 7.17. The second-order valence-corrected chi connectivity index (χ2v) is 7.40. The number of carbonyl (C=O) groups is 1. The van der Waals surface area contributed by atoms with Crippen LogP contribution in [0.15, 0.2) is 22.8 Å². The second kappa shape index (κ2) is 6.73. The number of furan rings is 1. The van der Waals surface area contributed by atoms with Gasteiger partial charge in [0.15, 0.2) is 0 Å². The van der Waals surface area contributed by atoms with Crippen LogP contribution in [0.4, 0.5) is 0 Å². The number of hydrogen-bond acceptors (Lipinski definition) is 8. The topological polar surface area (TPSA) is 93.1 Å². The highest BCUT2D eigenvalue weighted by atomic mass is 32.1. The molecule has 3 aromatic rings. The number of fused-ring (bicyclic) bond motifs is 1. The summed E-state index contributed by atoms with van der Waals surface area (Å²) < 4.78 is 12.0. The Bertz CT molecular complexity index is 909. The van der Waals surface area contributed by atoms with Gasteiger partial charge in [-0.1, -0.05) is 11.3 Å². The average molecular weight is 376 g/mol. The fourth-order valence-electron chi connectivity index (χ4n) is 3.51. The molecule has 3 aromatic heterocycles. The monoisotopic (exact) mass is 376 g/mol. The predicted octanol–water partition coefficient (Wildman–Crippen LogP) is 2.37. The summed E-state index contributed by atoms with van der Waals surface area (Å²) in [4.78, 5) is 19.8. The maximum atomic E-state index is 11.8. The van der Waals surface area contributed by atoms with E-state index in [0.717, 1.165) is 10.6 Å². The lowest BCUT2D eigenvalue weighted by atomic mass is 9.95. The molecule has 9 heteroatoms. The number of rotatable bonds is 4. The summed E-state index contributed by atoms with van der Waals surface area (Å²) in [6, 6.07) is 3.50. The van der Waals surface area contributed by atoms with Crippen molar-refractivity contribution in [3.63, 3.8) is 0 Å². The van der Waals surface area contributed by atoms with E-state index in [1.165, 1.54) is 23.0 Å². The van der Waals surface area contributed by atoms with Crippen LogP contribution >= 0.6 is 11.3 Å². The van der Waals surface area contributed by atoms with Crippen molar-refractivity contribution >= 4 is 22.3 Å². The number of likely N-dealkylation sites (tertiary alicyclic amines) is 1. The molecule has 4 heterocycles. The Morgan fingerprint density at radius 1 is 1.46 bits per heavy atom. The van der Waals surface area contributed by atoms with Crippen LogP contribution in [-0.4, -0.2) is 50.8 Å². The fraction of sp³-hybridized carbons (Fsp3) is 0.471. The van der Waals surface area contributed by atoms with Gasteiger partial charge in [-0.3, -0.25) is 9.69 Å². The van der Waals surface area contributed by atoms with E-state index in [9.17, 15) is 9.90 Å². The van der Waals surface area contributed by atoms with E-state index < -0.39 is 0 Å². The number of aromatic hydroxyl groups is 1. The Kier molecular flexibility index (Phi) is 4.41. The highest BCUT2D eigenvalue weighted by Crippen LogP contribution is 2.41. The highest BCUT2D eigenvalue weighted by Gasteiger charge is 2.35. The third-order valence-electron chi connectivity index (χ3n) is 4.80. The van der Waals surface area contributed by atoms with Gasteiger partial charge in [-0.25, -0.2) is 4.98 Å². The number of thiazole rings is 1. The molecule has 0 spiro atoms. The molecular formula is C17H20N4O4S. The quantitative estimate of drug-likeness (QED) is 0.699. The van der Waals surface area contributed by atoms with E-state index in [1.54, 1.807) is 13.2 Å². The standard InChI is InChI=1S/C17H20N4O4S/c1-10-18-17-21(19-10)15(22)14(26-17)13(12-4-3-9-25-12)20-7-5-11(6-8-20)16(23)24-2/h3-4,9,11,13,22H,5-8H2,1-2H3/t13-/m1/s1. The summed E-state index contributed by atoms with van der Waals surface area (Å²) in [7, 11) is 1.43. The molecule has 0 aromatic carbocycles. The van der Waals surface area contributed by atoms with Crippen molar-refractivity contribution in [1.82, 2.24) is 19.5 Å². The number of carbonyl (C=O) groups excluding carboxylic acids is 1. The lowest BCUT2D eigenvalue weighted by molar-refractivity contribution is -0.147. The number of piperidine rings is 1. The first-order valence-electron chi connectivity index (χ1n) is 8.48. The molecule has 1 saturated heterocycles. The van der Waals surface area contributed by atoms with Gasteiger partial charge in [-0.05, 0) is 31.9 Å². The van der Waals surface area contributed by atoms with Crippen molar-refractivity contribution in [2.24, 2.45) is 5.92 Å². The Morgan fingerprint density at radius 3 is 2.85 bits per heavy atom. The number of aromatic nitrogens is 3. The van der Waals surface area contributed by atoms with Gasteiger partial charge in [0.1, 0.15) is 17.6 Å². The number of methoxy groups -OCH3 is 1. The van der Waals surface area contributed by atoms with E-state index in [1.807, 2.05) is 12.1 Å². The first-order chi connectivity index (χ1) is 12.6. The van der Waals surface area contributed by atoms with Crippen LogP contribution in [0.3, 0.4) is 0 Å². The van der Waals surface area contributed by atoms with Crippen molar-refractivity contribution in [3.05, 3.63) is 34.9 Å². The van der Waals surface area contributed by atoms with E-state index >= 15 is 0 Å². The molecular weight excluding hydrogens is 356 g/mol. The van der Waals surface area contributed by atoms with Crippen LogP contribution in [0.2, 0.25) is 0 Å². The van der Waals surface area contributed by atoms with Gasteiger partial charge < -0.3 is 14.3 Å². The van der Waals surface area contributed by atoms with E-state index in [0.29, 0.717) is 36.7 Å². The predicted molar refractivity (Wildman–Crippen MR) is 94.1 cm³/mol. The number of hydrogen-bond donors (Lipinski definition) is 1. The van der Waals surface area contributed by atoms with Crippen LogP contribution in [0, 0.1) is 12.8 Å². The van der Waals surface area contributed by atoms with E-state index in [4.69, 9.17) is 9.15 Å². The van der Waals surface area contributed by atoms with Gasteiger partial charge in [0, 0.05) is 13.1 Å². The number of esters is 1. The summed E-state index contributed by atoms with van der Waals surface area (Å²) in [5.41, 5.74) is 0. The van der Waals surface area contributed by atoms with Crippen molar-refractivity contribution in [1.29, 1.82) is 0 Å². The Hall–Kier alpha value is -2.39. The van der Waals surface area contributed by atoms with Crippen molar-refractivity contribution in [3.8, 4) is 5.88 Å². The zero-order valence-electron chi connectivity index (χ0n) is 14.6. The van der Waals surface area contributed by atoms with Crippen molar-refractivity contribution < 1.29 is 19.1 Å². The molecule has 26 heavy (non-hydrogen) atoms. The lowest BCUT2D eigenvalue weighted by Gasteiger charge is -2.35. The molecule has 1 aliphatic rings. The minimum atomic E-state index is -0.239. The average Bonchev–Trinajstić information content (AvgIpc) is 3.35. The smallest absolute Gasteiger partial charge is 0.308 e. The van der Waals surface area contributed by atoms with Crippen LogP contribution in [0.1, 0.15) is 35.3 Å².